The number of carbonyl (C=O) groups excluding carboxylic acids is 1. The molecule has 19 heavy (non-hydrogen) atoms. The van der Waals surface area contributed by atoms with E-state index in [-0.39, 0.29) is 17.9 Å². The maximum Gasteiger partial charge on any atom is 0.226 e. The van der Waals surface area contributed by atoms with E-state index in [1.54, 1.807) is 6.92 Å². The molecule has 0 bridgehead atoms. The van der Waals surface area contributed by atoms with Crippen LogP contribution in [0.2, 0.25) is 0 Å². The van der Waals surface area contributed by atoms with Gasteiger partial charge in [0.15, 0.2) is 17.5 Å². The number of aromatic amines is 1. The lowest BCUT2D eigenvalue weighted by Crippen LogP contribution is -2.24. The minimum Gasteiger partial charge on any atom is -0.309 e. The van der Waals surface area contributed by atoms with Crippen LogP contribution < -0.4 is 5.32 Å². The first kappa shape index (κ1) is 11.8. The first-order valence-corrected chi connectivity index (χ1v) is 5.86. The average Bonchev–Trinajstić information content (AvgIpc) is 2.73. The zero-order chi connectivity index (χ0) is 13.6. The molecule has 0 fully saturated rings. The van der Waals surface area contributed by atoms with Crippen molar-refractivity contribution in [3.63, 3.8) is 0 Å². The Morgan fingerprint density at radius 1 is 1.37 bits per heavy atom. The van der Waals surface area contributed by atoms with Crippen molar-refractivity contribution in [2.75, 3.05) is 5.32 Å². The van der Waals surface area contributed by atoms with Crippen molar-refractivity contribution in [3.8, 4) is 0 Å². The highest BCUT2D eigenvalue weighted by atomic mass is 19.2. The zero-order valence-electron chi connectivity index (χ0n) is 10.1. The van der Waals surface area contributed by atoms with Crippen LogP contribution in [0.1, 0.15) is 29.2 Å². The molecule has 0 aliphatic carbocycles. The Labute approximate surface area is 107 Å². The van der Waals surface area contributed by atoms with Crippen LogP contribution in [0.4, 0.5) is 14.6 Å². The normalized spacial score (nSPS) is 18.1. The van der Waals surface area contributed by atoms with E-state index >= 15 is 0 Å². The molecule has 4 nitrogen and oxygen atoms in total. The fourth-order valence-electron chi connectivity index (χ4n) is 2.49. The first-order chi connectivity index (χ1) is 9.08. The summed E-state index contributed by atoms with van der Waals surface area (Å²) in [7, 11) is 0. The fraction of sp³-hybridized carbons (Fsp3) is 0.231. The van der Waals surface area contributed by atoms with Crippen molar-refractivity contribution < 1.29 is 13.6 Å². The Bertz CT molecular complexity index is 666. The van der Waals surface area contributed by atoms with Crippen molar-refractivity contribution in [2.24, 2.45) is 0 Å². The number of anilines is 1. The second-order valence-electron chi connectivity index (χ2n) is 4.56. The third kappa shape index (κ3) is 1.80. The van der Waals surface area contributed by atoms with E-state index in [4.69, 9.17) is 0 Å². The van der Waals surface area contributed by atoms with Gasteiger partial charge in [0.1, 0.15) is 0 Å². The number of hydrogen-bond donors (Lipinski definition) is 2. The van der Waals surface area contributed by atoms with Gasteiger partial charge in [-0.05, 0) is 18.6 Å². The highest BCUT2D eigenvalue weighted by Gasteiger charge is 2.32. The lowest BCUT2D eigenvalue weighted by molar-refractivity contribution is -0.116. The van der Waals surface area contributed by atoms with E-state index in [0.29, 0.717) is 11.4 Å². The molecule has 0 unspecified atom stereocenters. The molecule has 1 aromatic carbocycles. The summed E-state index contributed by atoms with van der Waals surface area (Å²) in [4.78, 5) is 11.6. The fourth-order valence-corrected chi connectivity index (χ4v) is 2.49. The maximum absolute atomic E-state index is 13.9. The predicted octanol–water partition coefficient (Wildman–Crippen LogP) is 2.47. The SMILES string of the molecule is Cc1[nH]nc2c1[C@H](c1cccc(F)c1F)CC(=O)N2. The topological polar surface area (TPSA) is 57.8 Å². The summed E-state index contributed by atoms with van der Waals surface area (Å²) in [5.41, 5.74) is 1.63. The second kappa shape index (κ2) is 4.15. The van der Waals surface area contributed by atoms with Crippen LogP contribution in [0.5, 0.6) is 0 Å². The smallest absolute Gasteiger partial charge is 0.226 e. The molecule has 2 N–H and O–H groups in total. The average molecular weight is 263 g/mol. The number of halogens is 2. The molecule has 6 heteroatoms. The number of rotatable bonds is 1. The maximum atomic E-state index is 13.9. The van der Waals surface area contributed by atoms with Gasteiger partial charge < -0.3 is 5.32 Å². The number of benzene rings is 1. The van der Waals surface area contributed by atoms with Gasteiger partial charge in [0, 0.05) is 23.6 Å². The van der Waals surface area contributed by atoms with Crippen LogP contribution in [0, 0.1) is 18.6 Å². The number of nitrogens with zero attached hydrogens (tertiary/aromatic N) is 1. The van der Waals surface area contributed by atoms with E-state index in [1.165, 1.54) is 12.1 Å². The molecule has 1 atom stereocenters. The largest absolute Gasteiger partial charge is 0.309 e. The van der Waals surface area contributed by atoms with Crippen LogP contribution in [0.15, 0.2) is 18.2 Å². The Kier molecular flexibility index (Phi) is 2.58. The van der Waals surface area contributed by atoms with Crippen molar-refractivity contribution in [2.45, 2.75) is 19.3 Å². The number of nitrogens with one attached hydrogen (secondary N) is 2. The van der Waals surface area contributed by atoms with Gasteiger partial charge in [-0.15, -0.1) is 0 Å². The molecule has 3 rings (SSSR count). The van der Waals surface area contributed by atoms with E-state index in [0.717, 1.165) is 11.8 Å². The van der Waals surface area contributed by atoms with Crippen LogP contribution in [-0.4, -0.2) is 16.1 Å². The van der Waals surface area contributed by atoms with Gasteiger partial charge in [0.05, 0.1) is 0 Å². The highest BCUT2D eigenvalue weighted by Crippen LogP contribution is 2.38. The van der Waals surface area contributed by atoms with Gasteiger partial charge in [0.2, 0.25) is 5.91 Å². The third-order valence-corrected chi connectivity index (χ3v) is 3.35. The number of carbonyl (C=O) groups is 1. The van der Waals surface area contributed by atoms with Gasteiger partial charge in [0.25, 0.3) is 0 Å². The summed E-state index contributed by atoms with van der Waals surface area (Å²) in [6, 6.07) is 4.00. The predicted molar refractivity (Wildman–Crippen MR) is 64.8 cm³/mol. The lowest BCUT2D eigenvalue weighted by atomic mass is 9.85. The van der Waals surface area contributed by atoms with Crippen molar-refractivity contribution in [1.82, 2.24) is 10.2 Å². The van der Waals surface area contributed by atoms with Crippen molar-refractivity contribution in [3.05, 3.63) is 46.7 Å². The lowest BCUT2D eigenvalue weighted by Gasteiger charge is -2.23. The summed E-state index contributed by atoms with van der Waals surface area (Å²) in [5, 5.41) is 9.33. The molecule has 2 aromatic rings. The molecule has 1 amide bonds. The quantitative estimate of drug-likeness (QED) is 0.830. The van der Waals surface area contributed by atoms with Gasteiger partial charge in [-0.1, -0.05) is 12.1 Å². The summed E-state index contributed by atoms with van der Waals surface area (Å²) >= 11 is 0. The van der Waals surface area contributed by atoms with E-state index in [2.05, 4.69) is 15.5 Å². The molecule has 98 valence electrons. The Morgan fingerprint density at radius 2 is 2.16 bits per heavy atom. The minimum absolute atomic E-state index is 0.0771. The van der Waals surface area contributed by atoms with Gasteiger partial charge in [-0.3, -0.25) is 9.89 Å². The molecule has 0 spiro atoms. The molecule has 1 aliphatic rings. The highest BCUT2D eigenvalue weighted by molar-refractivity contribution is 5.94. The molecule has 1 aliphatic heterocycles. The Balaban J connectivity index is 2.17. The first-order valence-electron chi connectivity index (χ1n) is 5.86. The number of fused-ring (bicyclic) bond motifs is 1. The van der Waals surface area contributed by atoms with E-state index in [9.17, 15) is 13.6 Å². The molecule has 2 heterocycles. The number of aryl methyl sites for hydroxylation is 1. The molecule has 0 radical (unpaired) electrons. The standard InChI is InChI=1S/C13H11F2N3O/c1-6-11-8(5-10(19)16-13(11)18-17-6)7-3-2-4-9(14)12(7)15/h2-4,8H,5H2,1H3,(H2,16,17,18,19)/t8-/m0/s1. The summed E-state index contributed by atoms with van der Waals surface area (Å²) in [5.74, 6) is -2.20. The number of hydrogen-bond acceptors (Lipinski definition) is 2. The van der Waals surface area contributed by atoms with E-state index in [1.807, 2.05) is 0 Å². The van der Waals surface area contributed by atoms with Crippen molar-refractivity contribution in [1.29, 1.82) is 0 Å². The van der Waals surface area contributed by atoms with Crippen LogP contribution in [-0.2, 0) is 4.79 Å². The van der Waals surface area contributed by atoms with Crippen LogP contribution in [0.3, 0.4) is 0 Å². The summed E-state index contributed by atoms with van der Waals surface area (Å²) < 4.78 is 27.2. The Morgan fingerprint density at radius 3 is 2.95 bits per heavy atom. The van der Waals surface area contributed by atoms with Gasteiger partial charge in [-0.25, -0.2) is 8.78 Å². The number of amides is 1. The van der Waals surface area contributed by atoms with Crippen LogP contribution in [0.25, 0.3) is 0 Å². The molecule has 0 saturated carbocycles. The van der Waals surface area contributed by atoms with Gasteiger partial charge >= 0.3 is 0 Å². The Hall–Kier alpha value is -2.24. The van der Waals surface area contributed by atoms with Crippen molar-refractivity contribution >= 4 is 11.7 Å². The summed E-state index contributed by atoms with van der Waals surface area (Å²) in [6.45, 7) is 1.79. The van der Waals surface area contributed by atoms with E-state index < -0.39 is 17.6 Å². The zero-order valence-corrected chi connectivity index (χ0v) is 10.1. The number of H-pyrrole nitrogens is 1. The molecule has 1 aromatic heterocycles. The molecule has 0 saturated heterocycles. The van der Waals surface area contributed by atoms with Gasteiger partial charge in [-0.2, -0.15) is 5.10 Å². The molecular weight excluding hydrogens is 252 g/mol. The monoisotopic (exact) mass is 263 g/mol. The number of aromatic nitrogens is 2. The summed E-state index contributed by atoms with van der Waals surface area (Å²) in [6.07, 6.45) is 0.0771. The third-order valence-electron chi connectivity index (χ3n) is 3.35. The minimum atomic E-state index is -0.911. The van der Waals surface area contributed by atoms with Crippen LogP contribution >= 0.6 is 0 Å². The molecular formula is C13H11F2N3O. The second-order valence-corrected chi connectivity index (χ2v) is 4.56.